The molecule has 5 nitrogen and oxygen atoms in total. The highest BCUT2D eigenvalue weighted by molar-refractivity contribution is 6.30. The Morgan fingerprint density at radius 3 is 2.38 bits per heavy atom. The van der Waals surface area contributed by atoms with Crippen LogP contribution in [0.15, 0.2) is 48.5 Å². The summed E-state index contributed by atoms with van der Waals surface area (Å²) in [7, 11) is 1.70. The standard InChI is InChI=1S/C23H27ClN4O/c1-29-21-8-4-17(5-9-21)10-13-28-14-11-19(12-15-28)23-25-22(26-27-23)16-18-2-6-20(24)7-3-18/h2-9,19H,10-16H2,1H3,(H,25,26,27). The Kier molecular flexibility index (Phi) is 6.47. The van der Waals surface area contributed by atoms with Crippen molar-refractivity contribution in [3.05, 3.63) is 76.3 Å². The highest BCUT2D eigenvalue weighted by Gasteiger charge is 2.23. The van der Waals surface area contributed by atoms with Crippen LogP contribution in [0.4, 0.5) is 0 Å². The fraction of sp³-hybridized carbons (Fsp3) is 0.391. The maximum Gasteiger partial charge on any atom is 0.134 e. The molecule has 0 aliphatic carbocycles. The van der Waals surface area contributed by atoms with Gasteiger partial charge in [0.15, 0.2) is 0 Å². The minimum absolute atomic E-state index is 0.471. The van der Waals surface area contributed by atoms with E-state index in [9.17, 15) is 0 Å². The summed E-state index contributed by atoms with van der Waals surface area (Å²) < 4.78 is 5.23. The molecule has 4 rings (SSSR count). The van der Waals surface area contributed by atoms with Gasteiger partial charge in [-0.2, -0.15) is 0 Å². The van der Waals surface area contributed by atoms with Crippen LogP contribution in [0.1, 0.15) is 41.5 Å². The quantitative estimate of drug-likeness (QED) is 0.624. The molecule has 0 spiro atoms. The van der Waals surface area contributed by atoms with Gasteiger partial charge >= 0.3 is 0 Å². The Labute approximate surface area is 177 Å². The number of methoxy groups -OCH3 is 1. The molecule has 0 unspecified atom stereocenters. The van der Waals surface area contributed by atoms with Crippen molar-refractivity contribution in [3.8, 4) is 5.75 Å². The third-order valence-electron chi connectivity index (χ3n) is 5.69. The van der Waals surface area contributed by atoms with Gasteiger partial charge in [0.1, 0.15) is 17.4 Å². The summed E-state index contributed by atoms with van der Waals surface area (Å²) in [5.74, 6) is 3.34. The monoisotopic (exact) mass is 410 g/mol. The van der Waals surface area contributed by atoms with Crippen LogP contribution < -0.4 is 4.74 Å². The normalized spacial score (nSPS) is 15.5. The van der Waals surface area contributed by atoms with Gasteiger partial charge in [-0.25, -0.2) is 0 Å². The molecule has 2 aromatic carbocycles. The second kappa shape index (κ2) is 9.42. The van der Waals surface area contributed by atoms with Gasteiger partial charge in [-0.3, -0.25) is 0 Å². The number of H-pyrrole nitrogens is 1. The van der Waals surface area contributed by atoms with Gasteiger partial charge in [-0.05, 0) is 67.7 Å². The maximum absolute atomic E-state index is 5.96. The minimum atomic E-state index is 0.471. The molecule has 1 N–H and O–H groups in total. The molecular weight excluding hydrogens is 384 g/mol. The zero-order chi connectivity index (χ0) is 20.1. The molecular formula is C23H27ClN4O. The van der Waals surface area contributed by atoms with E-state index in [1.165, 1.54) is 11.1 Å². The number of benzene rings is 2. The molecule has 3 aromatic rings. The Morgan fingerprint density at radius 2 is 1.69 bits per heavy atom. The molecule has 0 bridgehead atoms. The smallest absolute Gasteiger partial charge is 0.134 e. The van der Waals surface area contributed by atoms with E-state index in [1.54, 1.807) is 7.11 Å². The van der Waals surface area contributed by atoms with Gasteiger partial charge in [0.25, 0.3) is 0 Å². The number of piperidine rings is 1. The number of ether oxygens (including phenoxy) is 1. The van der Waals surface area contributed by atoms with Crippen LogP contribution in [0.25, 0.3) is 0 Å². The Bertz CT molecular complexity index is 899. The van der Waals surface area contributed by atoms with Crippen LogP contribution in [-0.2, 0) is 12.8 Å². The molecule has 0 atom stereocenters. The molecule has 29 heavy (non-hydrogen) atoms. The highest BCUT2D eigenvalue weighted by atomic mass is 35.5. The zero-order valence-corrected chi connectivity index (χ0v) is 17.5. The lowest BCUT2D eigenvalue weighted by Gasteiger charge is -2.30. The SMILES string of the molecule is COc1ccc(CCN2CCC(c3nnc(Cc4ccc(Cl)cc4)[nH]3)CC2)cc1. The Hall–Kier alpha value is -2.37. The van der Waals surface area contributed by atoms with E-state index in [0.717, 1.165) is 67.7 Å². The first-order valence-electron chi connectivity index (χ1n) is 10.2. The highest BCUT2D eigenvalue weighted by Crippen LogP contribution is 2.26. The average molecular weight is 411 g/mol. The van der Waals surface area contributed by atoms with Crippen LogP contribution in [0, 0.1) is 0 Å². The Balaban J connectivity index is 1.25. The first kappa shape index (κ1) is 19.9. The number of aromatic amines is 1. The maximum atomic E-state index is 5.96. The molecule has 1 aromatic heterocycles. The van der Waals surface area contributed by atoms with E-state index in [-0.39, 0.29) is 0 Å². The van der Waals surface area contributed by atoms with Crippen molar-refractivity contribution in [2.45, 2.75) is 31.6 Å². The first-order chi connectivity index (χ1) is 14.2. The number of likely N-dealkylation sites (tertiary alicyclic amines) is 1. The van der Waals surface area contributed by atoms with Crippen molar-refractivity contribution < 1.29 is 4.74 Å². The molecule has 152 valence electrons. The van der Waals surface area contributed by atoms with Gasteiger partial charge in [0, 0.05) is 23.9 Å². The summed E-state index contributed by atoms with van der Waals surface area (Å²) in [6.07, 6.45) is 4.07. The van der Waals surface area contributed by atoms with E-state index < -0.39 is 0 Å². The van der Waals surface area contributed by atoms with E-state index in [1.807, 2.05) is 36.4 Å². The summed E-state index contributed by atoms with van der Waals surface area (Å²) in [4.78, 5) is 5.99. The fourth-order valence-corrected chi connectivity index (χ4v) is 4.01. The van der Waals surface area contributed by atoms with Gasteiger partial charge in [-0.1, -0.05) is 35.9 Å². The van der Waals surface area contributed by atoms with Crippen LogP contribution in [0.3, 0.4) is 0 Å². The van der Waals surface area contributed by atoms with Crippen molar-refractivity contribution in [1.29, 1.82) is 0 Å². The summed E-state index contributed by atoms with van der Waals surface area (Å²) >= 11 is 5.96. The molecule has 1 aliphatic heterocycles. The number of halogens is 1. The molecule has 0 amide bonds. The summed E-state index contributed by atoms with van der Waals surface area (Å²) in [5.41, 5.74) is 2.54. The predicted octanol–water partition coefficient (Wildman–Crippen LogP) is 4.48. The first-order valence-corrected chi connectivity index (χ1v) is 10.6. The van der Waals surface area contributed by atoms with Gasteiger partial charge in [0.2, 0.25) is 0 Å². The van der Waals surface area contributed by atoms with E-state index in [4.69, 9.17) is 16.3 Å². The van der Waals surface area contributed by atoms with Crippen LogP contribution in [0.5, 0.6) is 5.75 Å². The topological polar surface area (TPSA) is 54.0 Å². The lowest BCUT2D eigenvalue weighted by Crippen LogP contribution is -2.34. The lowest BCUT2D eigenvalue weighted by molar-refractivity contribution is 0.211. The minimum Gasteiger partial charge on any atom is -0.497 e. The average Bonchev–Trinajstić information content (AvgIpc) is 3.23. The van der Waals surface area contributed by atoms with Crippen LogP contribution in [-0.4, -0.2) is 46.8 Å². The van der Waals surface area contributed by atoms with Gasteiger partial charge < -0.3 is 14.6 Å². The molecule has 6 heteroatoms. The number of nitrogens with one attached hydrogen (secondary N) is 1. The molecule has 1 aliphatic rings. The largest absolute Gasteiger partial charge is 0.497 e. The zero-order valence-electron chi connectivity index (χ0n) is 16.8. The molecule has 1 saturated heterocycles. The second-order valence-electron chi connectivity index (χ2n) is 7.67. The van der Waals surface area contributed by atoms with Gasteiger partial charge in [-0.15, -0.1) is 10.2 Å². The third-order valence-corrected chi connectivity index (χ3v) is 5.94. The number of hydrogen-bond acceptors (Lipinski definition) is 4. The Morgan fingerprint density at radius 1 is 1.00 bits per heavy atom. The molecule has 0 saturated carbocycles. The second-order valence-corrected chi connectivity index (χ2v) is 8.11. The van der Waals surface area contributed by atoms with Crippen molar-refractivity contribution >= 4 is 11.6 Å². The number of hydrogen-bond donors (Lipinski definition) is 1. The van der Waals surface area contributed by atoms with E-state index in [2.05, 4.69) is 32.2 Å². The van der Waals surface area contributed by atoms with Gasteiger partial charge in [0.05, 0.1) is 7.11 Å². The third kappa shape index (κ3) is 5.37. The van der Waals surface area contributed by atoms with Crippen LogP contribution in [0.2, 0.25) is 5.02 Å². The van der Waals surface area contributed by atoms with E-state index in [0.29, 0.717) is 5.92 Å². The van der Waals surface area contributed by atoms with Crippen molar-refractivity contribution in [2.24, 2.45) is 0 Å². The fourth-order valence-electron chi connectivity index (χ4n) is 3.88. The summed E-state index contributed by atoms with van der Waals surface area (Å²) in [6, 6.07) is 16.3. The molecule has 1 fully saturated rings. The van der Waals surface area contributed by atoms with Crippen LogP contribution >= 0.6 is 11.6 Å². The summed E-state index contributed by atoms with van der Waals surface area (Å²) in [5, 5.41) is 9.54. The predicted molar refractivity (Wildman–Crippen MR) is 116 cm³/mol. The molecule has 2 heterocycles. The lowest BCUT2D eigenvalue weighted by atomic mass is 9.96. The van der Waals surface area contributed by atoms with E-state index >= 15 is 0 Å². The van der Waals surface area contributed by atoms with Crippen molar-refractivity contribution in [3.63, 3.8) is 0 Å². The number of nitrogens with zero attached hydrogens (tertiary/aromatic N) is 3. The van der Waals surface area contributed by atoms with Crippen molar-refractivity contribution in [2.75, 3.05) is 26.7 Å². The van der Waals surface area contributed by atoms with Crippen molar-refractivity contribution in [1.82, 2.24) is 20.1 Å². The molecule has 0 radical (unpaired) electrons. The number of aromatic nitrogens is 3. The summed E-state index contributed by atoms with van der Waals surface area (Å²) in [6.45, 7) is 3.30. The number of rotatable bonds is 7.